The largest absolute Gasteiger partial charge is 0.452 e. The molecule has 0 fully saturated rings. The maximum atomic E-state index is 12.7. The first-order valence-corrected chi connectivity index (χ1v) is 11.3. The lowest BCUT2D eigenvalue weighted by Crippen LogP contribution is -2.30. The lowest BCUT2D eigenvalue weighted by molar-refractivity contribution is -0.385. The van der Waals surface area contributed by atoms with Gasteiger partial charge in [0.1, 0.15) is 0 Å². The maximum absolute atomic E-state index is 12.7. The van der Waals surface area contributed by atoms with Crippen molar-refractivity contribution in [2.24, 2.45) is 0 Å². The summed E-state index contributed by atoms with van der Waals surface area (Å²) in [6.07, 6.45) is 0. The van der Waals surface area contributed by atoms with Crippen LogP contribution < -0.4 is 5.32 Å². The van der Waals surface area contributed by atoms with E-state index >= 15 is 0 Å². The number of nitrogens with zero attached hydrogens (tertiary/aromatic N) is 2. The molecule has 0 saturated carbocycles. The molecule has 1 amide bonds. The van der Waals surface area contributed by atoms with Crippen LogP contribution in [0.1, 0.15) is 29.8 Å². The van der Waals surface area contributed by atoms with Crippen molar-refractivity contribution in [3.63, 3.8) is 0 Å². The molecule has 0 radical (unpaired) electrons. The second kappa shape index (κ2) is 10.5. The first kappa shape index (κ1) is 25.2. The van der Waals surface area contributed by atoms with Gasteiger partial charge < -0.3 is 10.1 Å². The van der Waals surface area contributed by atoms with E-state index in [-0.39, 0.29) is 45.5 Å². The van der Waals surface area contributed by atoms with E-state index in [1.807, 2.05) is 0 Å². The molecule has 2 aromatic rings. The highest BCUT2D eigenvalue weighted by molar-refractivity contribution is 7.89. The normalized spacial score (nSPS) is 11.3. The first-order chi connectivity index (χ1) is 15.0. The molecule has 0 saturated heterocycles. The fourth-order valence-corrected chi connectivity index (χ4v) is 4.57. The van der Waals surface area contributed by atoms with Gasteiger partial charge in [0, 0.05) is 19.2 Å². The van der Waals surface area contributed by atoms with Crippen LogP contribution in [0.4, 0.5) is 11.4 Å². The van der Waals surface area contributed by atoms with Gasteiger partial charge in [0.15, 0.2) is 6.61 Å². The fourth-order valence-electron chi connectivity index (χ4n) is 2.89. The number of nitro groups is 1. The van der Waals surface area contributed by atoms with E-state index < -0.39 is 33.4 Å². The molecule has 0 atom stereocenters. The number of carbonyl (C=O) groups is 2. The molecule has 0 aliphatic carbocycles. The third kappa shape index (κ3) is 5.61. The SMILES string of the molecule is CCN(CC)S(=O)(=O)c1ccc(Cl)c(C(=O)OCC(=O)Nc2cccc([N+](=O)[O-])c2C)c1. The number of esters is 1. The highest BCUT2D eigenvalue weighted by atomic mass is 35.5. The second-order valence-electron chi connectivity index (χ2n) is 6.56. The summed E-state index contributed by atoms with van der Waals surface area (Å²) in [5.74, 6) is -1.72. The molecule has 32 heavy (non-hydrogen) atoms. The van der Waals surface area contributed by atoms with Crippen LogP contribution in [0.3, 0.4) is 0 Å². The molecule has 0 aliphatic heterocycles. The highest BCUT2D eigenvalue weighted by Crippen LogP contribution is 2.26. The Kier molecular flexibility index (Phi) is 8.31. The number of carbonyl (C=O) groups excluding carboxylic acids is 2. The molecule has 10 nitrogen and oxygen atoms in total. The Labute approximate surface area is 190 Å². The number of nitro benzene ring substituents is 1. The van der Waals surface area contributed by atoms with Gasteiger partial charge in [-0.05, 0) is 31.2 Å². The minimum atomic E-state index is -3.83. The molecule has 12 heteroatoms. The van der Waals surface area contributed by atoms with Gasteiger partial charge in [-0.2, -0.15) is 4.31 Å². The van der Waals surface area contributed by atoms with Gasteiger partial charge >= 0.3 is 5.97 Å². The Hall–Kier alpha value is -3.02. The van der Waals surface area contributed by atoms with Gasteiger partial charge in [0.25, 0.3) is 11.6 Å². The molecule has 0 aromatic heterocycles. The third-order valence-electron chi connectivity index (χ3n) is 4.61. The smallest absolute Gasteiger partial charge is 0.340 e. The predicted octanol–water partition coefficient (Wildman–Crippen LogP) is 3.38. The fraction of sp³-hybridized carbons (Fsp3) is 0.300. The number of ether oxygens (including phenoxy) is 1. The second-order valence-corrected chi connectivity index (χ2v) is 8.91. The van der Waals surface area contributed by atoms with E-state index in [4.69, 9.17) is 16.3 Å². The van der Waals surface area contributed by atoms with E-state index in [9.17, 15) is 28.1 Å². The summed E-state index contributed by atoms with van der Waals surface area (Å²) in [6, 6.07) is 7.83. The molecule has 0 bridgehead atoms. The average Bonchev–Trinajstić information content (AvgIpc) is 2.74. The zero-order valence-corrected chi connectivity index (χ0v) is 19.2. The highest BCUT2D eigenvalue weighted by Gasteiger charge is 2.24. The van der Waals surface area contributed by atoms with Crippen molar-refractivity contribution in [3.05, 3.63) is 62.7 Å². The van der Waals surface area contributed by atoms with Crippen molar-refractivity contribution in [3.8, 4) is 0 Å². The van der Waals surface area contributed by atoms with Gasteiger partial charge in [-0.3, -0.25) is 14.9 Å². The zero-order valence-electron chi connectivity index (χ0n) is 17.6. The van der Waals surface area contributed by atoms with Crippen LogP contribution in [-0.2, 0) is 19.6 Å². The Morgan fingerprint density at radius 3 is 2.44 bits per heavy atom. The number of sulfonamides is 1. The minimum Gasteiger partial charge on any atom is -0.452 e. The lowest BCUT2D eigenvalue weighted by atomic mass is 10.1. The van der Waals surface area contributed by atoms with E-state index in [0.717, 1.165) is 6.07 Å². The molecule has 172 valence electrons. The summed E-state index contributed by atoms with van der Waals surface area (Å²) in [7, 11) is -3.83. The lowest BCUT2D eigenvalue weighted by Gasteiger charge is -2.19. The molecule has 0 unspecified atom stereocenters. The van der Waals surface area contributed by atoms with Crippen molar-refractivity contribution in [2.45, 2.75) is 25.7 Å². The van der Waals surface area contributed by atoms with Gasteiger partial charge in [-0.15, -0.1) is 0 Å². The van der Waals surface area contributed by atoms with E-state index in [1.165, 1.54) is 41.6 Å². The molecular formula is C20H22ClN3O7S. The van der Waals surface area contributed by atoms with Crippen molar-refractivity contribution in [1.29, 1.82) is 0 Å². The number of hydrogen-bond acceptors (Lipinski definition) is 7. The summed E-state index contributed by atoms with van der Waals surface area (Å²) < 4.78 is 31.5. The molecule has 1 N–H and O–H groups in total. The van der Waals surface area contributed by atoms with Gasteiger partial charge in [0.2, 0.25) is 10.0 Å². The van der Waals surface area contributed by atoms with Crippen molar-refractivity contribution in [1.82, 2.24) is 4.31 Å². The Balaban J connectivity index is 2.14. The summed E-state index contributed by atoms with van der Waals surface area (Å²) in [5.41, 5.74) is 0.0668. The van der Waals surface area contributed by atoms with Gasteiger partial charge in [-0.25, -0.2) is 13.2 Å². The van der Waals surface area contributed by atoms with Crippen LogP contribution >= 0.6 is 11.6 Å². The van der Waals surface area contributed by atoms with Gasteiger partial charge in [0.05, 0.1) is 31.7 Å². The van der Waals surface area contributed by atoms with Gasteiger partial charge in [-0.1, -0.05) is 31.5 Å². The molecule has 2 aromatic carbocycles. The van der Waals surface area contributed by atoms with E-state index in [0.29, 0.717) is 0 Å². The quantitative estimate of drug-likeness (QED) is 0.328. The Morgan fingerprint density at radius 2 is 1.84 bits per heavy atom. The Morgan fingerprint density at radius 1 is 1.19 bits per heavy atom. The number of anilines is 1. The number of benzene rings is 2. The standard InChI is InChI=1S/C20H22ClN3O7S/c1-4-23(5-2)32(29,30)14-9-10-16(21)15(11-14)20(26)31-12-19(25)22-17-7-6-8-18(13(17)3)24(27)28/h6-11H,4-5,12H2,1-3H3,(H,22,25). The van der Waals surface area contributed by atoms with Crippen LogP contribution in [-0.4, -0.2) is 49.2 Å². The number of nitrogens with one attached hydrogen (secondary N) is 1. The van der Waals surface area contributed by atoms with Crippen LogP contribution in [0.25, 0.3) is 0 Å². The maximum Gasteiger partial charge on any atom is 0.340 e. The van der Waals surface area contributed by atoms with E-state index in [1.54, 1.807) is 13.8 Å². The Bertz CT molecular complexity index is 1150. The average molecular weight is 484 g/mol. The van der Waals surface area contributed by atoms with Crippen LogP contribution in [0.15, 0.2) is 41.3 Å². The molecule has 0 spiro atoms. The predicted molar refractivity (Wildman–Crippen MR) is 118 cm³/mol. The molecule has 0 aliphatic rings. The topological polar surface area (TPSA) is 136 Å². The monoisotopic (exact) mass is 483 g/mol. The number of rotatable bonds is 9. The van der Waals surface area contributed by atoms with E-state index in [2.05, 4.69) is 5.32 Å². The van der Waals surface area contributed by atoms with Crippen molar-refractivity contribution >= 4 is 44.9 Å². The number of halogens is 1. The molecule has 2 rings (SSSR count). The first-order valence-electron chi connectivity index (χ1n) is 9.53. The summed E-state index contributed by atoms with van der Waals surface area (Å²) >= 11 is 6.03. The van der Waals surface area contributed by atoms with Crippen LogP contribution in [0, 0.1) is 17.0 Å². The zero-order chi connectivity index (χ0) is 24.1. The molecular weight excluding hydrogens is 462 g/mol. The van der Waals surface area contributed by atoms with Crippen molar-refractivity contribution in [2.75, 3.05) is 25.0 Å². The summed E-state index contributed by atoms with van der Waals surface area (Å²) in [5, 5.41) is 13.4. The summed E-state index contributed by atoms with van der Waals surface area (Å²) in [6.45, 7) is 4.64. The number of hydrogen-bond donors (Lipinski definition) is 1. The number of amides is 1. The summed E-state index contributed by atoms with van der Waals surface area (Å²) in [4.78, 5) is 34.9. The third-order valence-corrected chi connectivity index (χ3v) is 6.99. The van der Waals surface area contributed by atoms with Crippen molar-refractivity contribution < 1.29 is 27.7 Å². The van der Waals surface area contributed by atoms with Crippen LogP contribution in [0.5, 0.6) is 0 Å². The van der Waals surface area contributed by atoms with Crippen LogP contribution in [0.2, 0.25) is 5.02 Å². The minimum absolute atomic E-state index is 0.0385. The molecule has 0 heterocycles.